The topological polar surface area (TPSA) is 96.0 Å². The molecule has 0 aromatic carbocycles. The summed E-state index contributed by atoms with van der Waals surface area (Å²) < 4.78 is 5.63. The van der Waals surface area contributed by atoms with Crippen LogP contribution in [0.15, 0.2) is 12.1 Å². The van der Waals surface area contributed by atoms with Crippen molar-refractivity contribution in [2.24, 2.45) is 5.92 Å². The van der Waals surface area contributed by atoms with Crippen molar-refractivity contribution in [3.05, 3.63) is 21.3 Å². The van der Waals surface area contributed by atoms with Gasteiger partial charge in [-0.3, -0.25) is 19.3 Å². The number of rotatable bonds is 6. The van der Waals surface area contributed by atoms with E-state index in [0.717, 1.165) is 29.0 Å². The Hall–Kier alpha value is -2.13. The summed E-state index contributed by atoms with van der Waals surface area (Å²) in [6.07, 6.45) is 3.28. The Balaban J connectivity index is 1.50. The minimum absolute atomic E-state index is 0.00898. The maximum atomic E-state index is 12.8. The van der Waals surface area contributed by atoms with Crippen LogP contribution < -0.4 is 5.32 Å². The van der Waals surface area contributed by atoms with Crippen LogP contribution in [-0.4, -0.2) is 59.4 Å². The van der Waals surface area contributed by atoms with Gasteiger partial charge in [0.05, 0.1) is 10.9 Å². The quantitative estimate of drug-likeness (QED) is 0.540. The van der Waals surface area contributed by atoms with Crippen molar-refractivity contribution >= 4 is 46.8 Å². The first-order valence-corrected chi connectivity index (χ1v) is 10.7. The van der Waals surface area contributed by atoms with Crippen LogP contribution in [0.3, 0.4) is 0 Å². The van der Waals surface area contributed by atoms with Crippen LogP contribution in [0.25, 0.3) is 0 Å². The number of imide groups is 1. The van der Waals surface area contributed by atoms with Crippen LogP contribution in [-0.2, 0) is 25.7 Å². The number of ether oxygens (including phenoxy) is 1. The number of likely N-dealkylation sites (N-methyl/N-ethyl adjacent to an activating group) is 1. The molecule has 1 aromatic rings. The van der Waals surface area contributed by atoms with E-state index in [4.69, 9.17) is 16.3 Å². The largest absolute Gasteiger partial charge is 0.454 e. The molecular weight excluding hydrogens is 418 g/mol. The summed E-state index contributed by atoms with van der Waals surface area (Å²) >= 11 is 7.24. The molecule has 3 rings (SSSR count). The average molecular weight is 442 g/mol. The number of hydrogen-bond donors (Lipinski definition) is 1. The van der Waals surface area contributed by atoms with E-state index < -0.39 is 36.6 Å². The second-order valence-electron chi connectivity index (χ2n) is 7.56. The zero-order chi connectivity index (χ0) is 21.2. The number of halogens is 1. The Morgan fingerprint density at radius 2 is 2.14 bits per heavy atom. The molecule has 1 saturated carbocycles. The number of amides is 4. The number of esters is 1. The van der Waals surface area contributed by atoms with Gasteiger partial charge in [0.25, 0.3) is 11.8 Å². The van der Waals surface area contributed by atoms with Gasteiger partial charge in [0, 0.05) is 11.9 Å². The Bertz CT molecular complexity index is 829. The smallest absolute Gasteiger partial charge is 0.326 e. The highest BCUT2D eigenvalue weighted by Gasteiger charge is 2.55. The molecule has 29 heavy (non-hydrogen) atoms. The maximum Gasteiger partial charge on any atom is 0.326 e. The summed E-state index contributed by atoms with van der Waals surface area (Å²) in [5.41, 5.74) is -0.923. The molecule has 0 radical (unpaired) electrons. The predicted molar refractivity (Wildman–Crippen MR) is 107 cm³/mol. The standard InChI is InChI=1S/C19H24ClN3O5S/c1-12-5-3-4-8-19(12)17(26)23(18(27)21-19)10-16(25)28-11-15(24)22(2)9-13-6-7-14(20)29-13/h6-7,12H,3-5,8-11H2,1-2H3,(H,21,27). The third-order valence-electron chi connectivity index (χ3n) is 5.59. The molecule has 1 aliphatic heterocycles. The number of urea groups is 1. The highest BCUT2D eigenvalue weighted by atomic mass is 35.5. The molecule has 2 unspecified atom stereocenters. The van der Waals surface area contributed by atoms with E-state index in [2.05, 4.69) is 5.32 Å². The molecular formula is C19H24ClN3O5S. The zero-order valence-corrected chi connectivity index (χ0v) is 18.0. The fourth-order valence-electron chi connectivity index (χ4n) is 3.82. The van der Waals surface area contributed by atoms with E-state index in [0.29, 0.717) is 17.3 Å². The van der Waals surface area contributed by atoms with Crippen LogP contribution in [0.2, 0.25) is 4.34 Å². The van der Waals surface area contributed by atoms with Gasteiger partial charge in [-0.1, -0.05) is 31.4 Å². The average Bonchev–Trinajstić information content (AvgIpc) is 3.18. The molecule has 1 N–H and O–H groups in total. The molecule has 2 heterocycles. The number of nitrogens with one attached hydrogen (secondary N) is 1. The lowest BCUT2D eigenvalue weighted by atomic mass is 9.73. The summed E-state index contributed by atoms with van der Waals surface area (Å²) in [4.78, 5) is 52.7. The number of carbonyl (C=O) groups is 4. The normalized spacial score (nSPS) is 24.0. The third-order valence-corrected chi connectivity index (χ3v) is 6.81. The first-order valence-electron chi connectivity index (χ1n) is 9.51. The molecule has 2 aliphatic rings. The van der Waals surface area contributed by atoms with E-state index in [-0.39, 0.29) is 11.8 Å². The summed E-state index contributed by atoms with van der Waals surface area (Å²) in [6, 6.07) is 2.99. The minimum Gasteiger partial charge on any atom is -0.454 e. The summed E-state index contributed by atoms with van der Waals surface area (Å²) in [5, 5.41) is 2.78. The lowest BCUT2D eigenvalue weighted by Gasteiger charge is -2.36. The zero-order valence-electron chi connectivity index (χ0n) is 16.4. The van der Waals surface area contributed by atoms with Crippen molar-refractivity contribution in [2.75, 3.05) is 20.2 Å². The molecule has 10 heteroatoms. The van der Waals surface area contributed by atoms with E-state index in [9.17, 15) is 19.2 Å². The molecule has 1 aliphatic carbocycles. The van der Waals surface area contributed by atoms with Gasteiger partial charge in [-0.05, 0) is 30.9 Å². The monoisotopic (exact) mass is 441 g/mol. The Labute approximate surface area is 178 Å². The summed E-state index contributed by atoms with van der Waals surface area (Å²) in [6.45, 7) is 1.33. The van der Waals surface area contributed by atoms with Gasteiger partial charge in [-0.2, -0.15) is 0 Å². The van der Waals surface area contributed by atoms with Gasteiger partial charge in [0.2, 0.25) is 0 Å². The minimum atomic E-state index is -0.923. The Morgan fingerprint density at radius 3 is 2.79 bits per heavy atom. The van der Waals surface area contributed by atoms with Crippen molar-refractivity contribution in [2.45, 2.75) is 44.7 Å². The summed E-state index contributed by atoms with van der Waals surface area (Å²) in [5.74, 6) is -1.56. The maximum absolute atomic E-state index is 12.8. The predicted octanol–water partition coefficient (Wildman–Crippen LogP) is 2.40. The van der Waals surface area contributed by atoms with Crippen LogP contribution in [0.4, 0.5) is 4.79 Å². The number of thiophene rings is 1. The molecule has 1 saturated heterocycles. The molecule has 2 atom stereocenters. The Morgan fingerprint density at radius 1 is 1.38 bits per heavy atom. The molecule has 158 valence electrons. The van der Waals surface area contributed by atoms with E-state index in [1.165, 1.54) is 16.2 Å². The molecule has 1 spiro atoms. The lowest BCUT2D eigenvalue weighted by Crippen LogP contribution is -2.54. The van der Waals surface area contributed by atoms with Crippen molar-refractivity contribution in [3.63, 3.8) is 0 Å². The van der Waals surface area contributed by atoms with Gasteiger partial charge in [-0.15, -0.1) is 11.3 Å². The van der Waals surface area contributed by atoms with Crippen molar-refractivity contribution in [3.8, 4) is 0 Å². The number of hydrogen-bond acceptors (Lipinski definition) is 6. The first kappa shape index (κ1) is 21.6. The van der Waals surface area contributed by atoms with Crippen LogP contribution in [0.5, 0.6) is 0 Å². The second-order valence-corrected chi connectivity index (χ2v) is 9.36. The van der Waals surface area contributed by atoms with Crippen LogP contribution in [0.1, 0.15) is 37.5 Å². The fraction of sp³-hybridized carbons (Fsp3) is 0.579. The lowest BCUT2D eigenvalue weighted by molar-refractivity contribution is -0.153. The molecule has 8 nitrogen and oxygen atoms in total. The Kier molecular flexibility index (Phi) is 6.48. The van der Waals surface area contributed by atoms with Crippen LogP contribution in [0, 0.1) is 5.92 Å². The van der Waals surface area contributed by atoms with Gasteiger partial charge >= 0.3 is 12.0 Å². The SMILES string of the molecule is CC1CCCCC12NC(=O)N(CC(=O)OCC(=O)N(C)Cc1ccc(Cl)s1)C2=O. The van der Waals surface area contributed by atoms with Gasteiger partial charge < -0.3 is 15.0 Å². The van der Waals surface area contributed by atoms with Crippen molar-refractivity contribution in [1.82, 2.24) is 15.1 Å². The summed E-state index contributed by atoms with van der Waals surface area (Å²) in [7, 11) is 1.59. The molecule has 2 fully saturated rings. The van der Waals surface area contributed by atoms with E-state index in [1.54, 1.807) is 13.1 Å². The van der Waals surface area contributed by atoms with Crippen molar-refractivity contribution < 1.29 is 23.9 Å². The van der Waals surface area contributed by atoms with Gasteiger partial charge in [0.15, 0.2) is 6.61 Å². The first-order chi connectivity index (χ1) is 13.7. The molecule has 4 amide bonds. The molecule has 1 aromatic heterocycles. The number of nitrogens with zero attached hydrogens (tertiary/aromatic N) is 2. The van der Waals surface area contributed by atoms with Crippen LogP contribution >= 0.6 is 22.9 Å². The van der Waals surface area contributed by atoms with Crippen molar-refractivity contribution in [1.29, 1.82) is 0 Å². The van der Waals surface area contributed by atoms with E-state index >= 15 is 0 Å². The van der Waals surface area contributed by atoms with Gasteiger partial charge in [0.1, 0.15) is 12.1 Å². The highest BCUT2D eigenvalue weighted by molar-refractivity contribution is 7.16. The van der Waals surface area contributed by atoms with E-state index in [1.807, 2.05) is 13.0 Å². The fourth-order valence-corrected chi connectivity index (χ4v) is 4.97. The third kappa shape index (κ3) is 4.56. The second kappa shape index (κ2) is 8.71. The number of carbonyl (C=O) groups excluding carboxylic acids is 4. The molecule has 0 bridgehead atoms. The van der Waals surface area contributed by atoms with Gasteiger partial charge in [-0.25, -0.2) is 4.79 Å². The highest BCUT2D eigenvalue weighted by Crippen LogP contribution is 2.38.